The molecule has 0 saturated heterocycles. The van der Waals surface area contributed by atoms with Gasteiger partial charge in [0.15, 0.2) is 5.96 Å². The highest BCUT2D eigenvalue weighted by Crippen LogP contribution is 2.25. The molecule has 0 heterocycles. The third kappa shape index (κ3) is 3.65. The van der Waals surface area contributed by atoms with E-state index in [-0.39, 0.29) is 23.2 Å². The van der Waals surface area contributed by atoms with Gasteiger partial charge in [-0.15, -0.1) is 0 Å². The van der Waals surface area contributed by atoms with Crippen molar-refractivity contribution < 1.29 is 4.79 Å². The summed E-state index contributed by atoms with van der Waals surface area (Å²) in [6.45, 7) is 0. The van der Waals surface area contributed by atoms with Crippen LogP contribution in [0, 0.1) is 0 Å². The van der Waals surface area contributed by atoms with E-state index in [1.807, 2.05) is 0 Å². The number of aliphatic imine (C=N–C) groups is 2. The molecule has 1 aromatic rings. The Balaban J connectivity index is 3.18. The van der Waals surface area contributed by atoms with Gasteiger partial charge in [-0.1, -0.05) is 11.6 Å². The molecular weight excluding hydrogens is 244 g/mol. The number of nitrogens with two attached hydrogens (primary N) is 4. The quantitative estimate of drug-likeness (QED) is 0.422. The highest BCUT2D eigenvalue weighted by atomic mass is 35.5. The topological polar surface area (TPSA) is 146 Å². The van der Waals surface area contributed by atoms with E-state index in [0.29, 0.717) is 5.02 Å². The lowest BCUT2D eigenvalue weighted by Gasteiger charge is -2.01. The van der Waals surface area contributed by atoms with Crippen molar-refractivity contribution in [3.05, 3.63) is 28.8 Å². The zero-order valence-electron chi connectivity index (χ0n) is 8.72. The number of nitrogens with zero attached hydrogens (tertiary/aromatic N) is 2. The van der Waals surface area contributed by atoms with Crippen LogP contribution in [-0.4, -0.2) is 17.8 Å². The lowest BCUT2D eigenvalue weighted by atomic mass is 10.2. The van der Waals surface area contributed by atoms with Crippen molar-refractivity contribution in [2.75, 3.05) is 0 Å². The number of hydrogen-bond donors (Lipinski definition) is 4. The van der Waals surface area contributed by atoms with Gasteiger partial charge < -0.3 is 22.9 Å². The van der Waals surface area contributed by atoms with Crippen molar-refractivity contribution in [1.82, 2.24) is 0 Å². The van der Waals surface area contributed by atoms with E-state index in [0.717, 1.165) is 0 Å². The normalized spacial score (nSPS) is 11.0. The number of amides is 1. The van der Waals surface area contributed by atoms with E-state index in [1.54, 1.807) is 0 Å². The van der Waals surface area contributed by atoms with Gasteiger partial charge in [0, 0.05) is 5.56 Å². The van der Waals surface area contributed by atoms with E-state index < -0.39 is 5.91 Å². The Morgan fingerprint density at radius 1 is 1.18 bits per heavy atom. The average Bonchev–Trinajstić information content (AvgIpc) is 2.19. The number of halogens is 1. The Bertz CT molecular complexity index is 506. The minimum Gasteiger partial charge on any atom is -0.370 e. The first kappa shape index (κ1) is 12.8. The number of carbonyl (C=O) groups excluding carboxylic acids is 1. The summed E-state index contributed by atoms with van der Waals surface area (Å²) < 4.78 is 0. The largest absolute Gasteiger partial charge is 0.370 e. The van der Waals surface area contributed by atoms with Crippen molar-refractivity contribution in [2.45, 2.75) is 0 Å². The molecule has 8 heteroatoms. The van der Waals surface area contributed by atoms with Gasteiger partial charge in [-0.2, -0.15) is 4.99 Å². The standard InChI is InChI=1S/C9H11ClN6O/c10-5-2-1-4(7(11)17)3-6(5)15-9(14)16-8(12)13/h1-3H,(H2,11,17)(H6,12,13,14,15,16). The van der Waals surface area contributed by atoms with Crippen LogP contribution >= 0.6 is 11.6 Å². The summed E-state index contributed by atoms with van der Waals surface area (Å²) in [6, 6.07) is 4.34. The summed E-state index contributed by atoms with van der Waals surface area (Å²) in [6.07, 6.45) is 0. The Labute approximate surface area is 102 Å². The van der Waals surface area contributed by atoms with Gasteiger partial charge in [-0.25, -0.2) is 4.99 Å². The van der Waals surface area contributed by atoms with Crippen LogP contribution in [0.4, 0.5) is 5.69 Å². The Morgan fingerprint density at radius 3 is 2.35 bits per heavy atom. The van der Waals surface area contributed by atoms with E-state index in [1.165, 1.54) is 18.2 Å². The first-order valence-electron chi connectivity index (χ1n) is 4.43. The molecule has 7 nitrogen and oxygen atoms in total. The van der Waals surface area contributed by atoms with Crippen molar-refractivity contribution in [1.29, 1.82) is 0 Å². The second kappa shape index (κ2) is 5.17. The second-order valence-corrected chi connectivity index (χ2v) is 3.44. The molecule has 0 aliphatic heterocycles. The second-order valence-electron chi connectivity index (χ2n) is 3.04. The van der Waals surface area contributed by atoms with Crippen LogP contribution < -0.4 is 22.9 Å². The number of benzene rings is 1. The third-order valence-electron chi connectivity index (χ3n) is 1.71. The van der Waals surface area contributed by atoms with Crippen LogP contribution in [0.1, 0.15) is 10.4 Å². The number of rotatable bonds is 2. The monoisotopic (exact) mass is 254 g/mol. The molecule has 0 bridgehead atoms. The minimum atomic E-state index is -0.599. The maximum atomic E-state index is 11.0. The van der Waals surface area contributed by atoms with Crippen LogP contribution in [0.25, 0.3) is 0 Å². The molecule has 0 aliphatic rings. The van der Waals surface area contributed by atoms with Gasteiger partial charge in [0.05, 0.1) is 10.7 Å². The predicted octanol–water partition coefficient (Wildman–Crippen LogP) is -0.341. The molecule has 0 aliphatic carbocycles. The number of guanidine groups is 2. The zero-order valence-corrected chi connectivity index (χ0v) is 9.48. The lowest BCUT2D eigenvalue weighted by molar-refractivity contribution is 0.100. The molecule has 1 amide bonds. The molecule has 0 spiro atoms. The van der Waals surface area contributed by atoms with Crippen LogP contribution in [0.2, 0.25) is 5.02 Å². The average molecular weight is 255 g/mol. The maximum absolute atomic E-state index is 11.0. The van der Waals surface area contributed by atoms with Crippen LogP contribution in [-0.2, 0) is 0 Å². The van der Waals surface area contributed by atoms with Gasteiger partial charge >= 0.3 is 0 Å². The van der Waals surface area contributed by atoms with E-state index in [2.05, 4.69) is 9.98 Å². The summed E-state index contributed by atoms with van der Waals surface area (Å²) in [4.78, 5) is 18.3. The molecule has 0 atom stereocenters. The third-order valence-corrected chi connectivity index (χ3v) is 2.03. The summed E-state index contributed by atoms with van der Waals surface area (Å²) >= 11 is 5.86. The first-order valence-corrected chi connectivity index (χ1v) is 4.81. The first-order chi connectivity index (χ1) is 7.90. The Hall–Kier alpha value is -2.28. The van der Waals surface area contributed by atoms with Crippen LogP contribution in [0.5, 0.6) is 0 Å². The SMILES string of the molecule is NC(=O)c1ccc(Cl)c(N=C(N)N=C(N)N)c1. The molecule has 0 unspecified atom stereocenters. The number of carbonyl (C=O) groups is 1. The van der Waals surface area contributed by atoms with Crippen molar-refractivity contribution in [2.24, 2.45) is 32.9 Å². The van der Waals surface area contributed by atoms with Gasteiger partial charge in [-0.3, -0.25) is 4.79 Å². The molecule has 0 aromatic heterocycles. The minimum absolute atomic E-state index is 0.173. The fraction of sp³-hybridized carbons (Fsp3) is 0. The zero-order chi connectivity index (χ0) is 13.0. The summed E-state index contributed by atoms with van der Waals surface area (Å²) in [7, 11) is 0. The van der Waals surface area contributed by atoms with Crippen LogP contribution in [0.3, 0.4) is 0 Å². The van der Waals surface area contributed by atoms with E-state index in [4.69, 9.17) is 34.5 Å². The Morgan fingerprint density at radius 2 is 1.82 bits per heavy atom. The summed E-state index contributed by atoms with van der Waals surface area (Å²) in [5.74, 6) is -1.000. The molecular formula is C9H11ClN6O. The van der Waals surface area contributed by atoms with Gasteiger partial charge in [0.25, 0.3) is 0 Å². The molecule has 0 saturated carbocycles. The summed E-state index contributed by atoms with van der Waals surface area (Å²) in [5, 5.41) is 0.295. The predicted molar refractivity (Wildman–Crippen MR) is 67.1 cm³/mol. The fourth-order valence-corrected chi connectivity index (χ4v) is 1.19. The van der Waals surface area contributed by atoms with Gasteiger partial charge in [0.1, 0.15) is 0 Å². The molecule has 90 valence electrons. The lowest BCUT2D eigenvalue weighted by Crippen LogP contribution is -2.26. The highest BCUT2D eigenvalue weighted by molar-refractivity contribution is 6.33. The van der Waals surface area contributed by atoms with Gasteiger partial charge in [0.2, 0.25) is 11.9 Å². The van der Waals surface area contributed by atoms with E-state index in [9.17, 15) is 4.79 Å². The maximum Gasteiger partial charge on any atom is 0.248 e. The van der Waals surface area contributed by atoms with Crippen molar-refractivity contribution in [3.63, 3.8) is 0 Å². The molecule has 1 rings (SSSR count). The Kier molecular flexibility index (Phi) is 3.89. The fourth-order valence-electron chi connectivity index (χ4n) is 1.03. The van der Waals surface area contributed by atoms with Crippen molar-refractivity contribution >= 4 is 35.1 Å². The number of primary amides is 1. The van der Waals surface area contributed by atoms with Gasteiger partial charge in [-0.05, 0) is 18.2 Å². The van der Waals surface area contributed by atoms with Crippen molar-refractivity contribution in [3.8, 4) is 0 Å². The highest BCUT2D eigenvalue weighted by Gasteiger charge is 2.05. The molecule has 0 fully saturated rings. The number of hydrogen-bond acceptors (Lipinski definition) is 2. The smallest absolute Gasteiger partial charge is 0.248 e. The molecule has 17 heavy (non-hydrogen) atoms. The molecule has 8 N–H and O–H groups in total. The molecule has 1 aromatic carbocycles. The molecule has 0 radical (unpaired) electrons. The summed E-state index contributed by atoms with van der Waals surface area (Å²) in [5.41, 5.74) is 21.3. The van der Waals surface area contributed by atoms with E-state index >= 15 is 0 Å². The van der Waals surface area contributed by atoms with Crippen LogP contribution in [0.15, 0.2) is 28.2 Å².